The van der Waals surface area contributed by atoms with Crippen LogP contribution in [-0.2, 0) is 6.54 Å². The summed E-state index contributed by atoms with van der Waals surface area (Å²) >= 11 is 6.13. The van der Waals surface area contributed by atoms with Gasteiger partial charge >= 0.3 is 0 Å². The number of benzene rings is 1. The van der Waals surface area contributed by atoms with E-state index in [9.17, 15) is 0 Å². The number of nitrogens with zero attached hydrogens (tertiary/aromatic N) is 6. The Morgan fingerprint density at radius 2 is 1.79 bits per heavy atom. The van der Waals surface area contributed by atoms with Crippen molar-refractivity contribution >= 4 is 23.4 Å². The summed E-state index contributed by atoms with van der Waals surface area (Å²) in [5.41, 5.74) is 2.29. The number of halogens is 1. The molecule has 2 aromatic heterocycles. The first-order chi connectivity index (χ1) is 16.1. The van der Waals surface area contributed by atoms with Gasteiger partial charge in [-0.15, -0.1) is 5.10 Å². The zero-order valence-corrected chi connectivity index (χ0v) is 19.7. The van der Waals surface area contributed by atoms with E-state index in [4.69, 9.17) is 21.7 Å². The van der Waals surface area contributed by atoms with Crippen LogP contribution in [0.1, 0.15) is 55.1 Å². The number of piperidine rings is 1. The molecule has 0 radical (unpaired) electrons. The van der Waals surface area contributed by atoms with Crippen LogP contribution in [0.4, 0.5) is 11.8 Å². The van der Waals surface area contributed by atoms with Gasteiger partial charge in [0.1, 0.15) is 18.0 Å². The maximum Gasteiger partial charge on any atom is 0.242 e. The third-order valence-corrected chi connectivity index (χ3v) is 7.89. The minimum atomic E-state index is 0.271. The van der Waals surface area contributed by atoms with Gasteiger partial charge < -0.3 is 10.2 Å². The fraction of sp³-hybridized carbons (Fsp3) is 0.520. The van der Waals surface area contributed by atoms with Gasteiger partial charge in [-0.1, -0.05) is 30.2 Å². The molecule has 2 fully saturated rings. The molecule has 4 atom stereocenters. The van der Waals surface area contributed by atoms with E-state index in [2.05, 4.69) is 43.1 Å². The van der Waals surface area contributed by atoms with Crippen molar-refractivity contribution in [3.63, 3.8) is 0 Å². The monoisotopic (exact) mass is 463 g/mol. The van der Waals surface area contributed by atoms with E-state index in [1.54, 1.807) is 6.33 Å². The van der Waals surface area contributed by atoms with Gasteiger partial charge in [0, 0.05) is 48.4 Å². The van der Waals surface area contributed by atoms with Crippen LogP contribution in [-0.4, -0.2) is 43.9 Å². The summed E-state index contributed by atoms with van der Waals surface area (Å²) in [6.07, 6.45) is 7.58. The highest BCUT2D eigenvalue weighted by Gasteiger charge is 2.43. The van der Waals surface area contributed by atoms with Crippen LogP contribution in [0.3, 0.4) is 0 Å². The number of nitrogens with one attached hydrogen (secondary N) is 1. The molecule has 8 heteroatoms. The van der Waals surface area contributed by atoms with Crippen molar-refractivity contribution in [3.05, 3.63) is 58.8 Å². The summed E-state index contributed by atoms with van der Waals surface area (Å²) in [5, 5.41) is 9.45. The van der Waals surface area contributed by atoms with Gasteiger partial charge in [-0.3, -0.25) is 0 Å². The van der Waals surface area contributed by atoms with Gasteiger partial charge in [0.25, 0.3) is 0 Å². The van der Waals surface area contributed by atoms with Gasteiger partial charge in [0.15, 0.2) is 0 Å². The van der Waals surface area contributed by atoms with Crippen LogP contribution < -0.4 is 10.2 Å². The maximum absolute atomic E-state index is 6.13. The van der Waals surface area contributed by atoms with Crippen LogP contribution in [0.5, 0.6) is 0 Å². The summed E-state index contributed by atoms with van der Waals surface area (Å²) in [6, 6.07) is 10.7. The topological polar surface area (TPSA) is 71.8 Å². The number of aromatic nitrogens is 5. The molecule has 0 unspecified atom stereocenters. The Morgan fingerprint density at radius 1 is 1.00 bits per heavy atom. The molecule has 1 saturated heterocycles. The molecule has 4 heterocycles. The molecule has 6 rings (SSSR count). The highest BCUT2D eigenvalue weighted by atomic mass is 35.5. The van der Waals surface area contributed by atoms with Crippen molar-refractivity contribution in [2.45, 2.75) is 57.5 Å². The zero-order chi connectivity index (χ0) is 22.4. The second kappa shape index (κ2) is 8.60. The molecule has 1 aliphatic carbocycles. The SMILES string of the molecule is Cc1cc(N2C[C@H]3CC[C@@H](C2)[C@H]3Nc2nc3n(n2)CCCC[C@H]3c2ccc(Cl)cc2)ncn1. The second-order valence-electron chi connectivity index (χ2n) is 9.81. The molecule has 3 aromatic rings. The largest absolute Gasteiger partial charge is 0.356 e. The van der Waals surface area contributed by atoms with Gasteiger partial charge in [-0.2, -0.15) is 4.98 Å². The lowest BCUT2D eigenvalue weighted by molar-refractivity contribution is 0.374. The van der Waals surface area contributed by atoms with Crippen molar-refractivity contribution in [2.75, 3.05) is 23.3 Å². The molecule has 2 aliphatic heterocycles. The van der Waals surface area contributed by atoms with Crippen LogP contribution in [0.25, 0.3) is 0 Å². The predicted octanol–water partition coefficient (Wildman–Crippen LogP) is 4.67. The van der Waals surface area contributed by atoms with Crippen LogP contribution in [0.15, 0.2) is 36.7 Å². The first-order valence-corrected chi connectivity index (χ1v) is 12.5. The minimum absolute atomic E-state index is 0.271. The third-order valence-electron chi connectivity index (χ3n) is 7.64. The number of hydrogen-bond acceptors (Lipinski definition) is 6. The summed E-state index contributed by atoms with van der Waals surface area (Å²) in [6.45, 7) is 5.00. The molecule has 7 nitrogen and oxygen atoms in total. The van der Waals surface area contributed by atoms with Gasteiger partial charge in [-0.05, 0) is 62.1 Å². The maximum atomic E-state index is 6.13. The average molecular weight is 464 g/mol. The van der Waals surface area contributed by atoms with Gasteiger partial charge in [0.2, 0.25) is 5.95 Å². The van der Waals surface area contributed by atoms with Crippen molar-refractivity contribution in [1.29, 1.82) is 0 Å². The van der Waals surface area contributed by atoms with E-state index in [1.165, 1.54) is 24.8 Å². The van der Waals surface area contributed by atoms with E-state index in [0.717, 1.165) is 60.8 Å². The second-order valence-corrected chi connectivity index (χ2v) is 10.2. The molecule has 0 amide bonds. The molecule has 1 N–H and O–H groups in total. The molecule has 0 spiro atoms. The predicted molar refractivity (Wildman–Crippen MR) is 130 cm³/mol. The molecule has 3 aliphatic rings. The molecular formula is C25H30ClN7. The Bertz CT molecular complexity index is 1110. The van der Waals surface area contributed by atoms with Gasteiger partial charge in [-0.25, -0.2) is 14.6 Å². The number of fused-ring (bicyclic) bond motifs is 3. The Balaban J connectivity index is 1.21. The Morgan fingerprint density at radius 3 is 2.55 bits per heavy atom. The van der Waals surface area contributed by atoms with E-state index in [1.807, 2.05) is 19.1 Å². The smallest absolute Gasteiger partial charge is 0.242 e. The number of hydrogen-bond donors (Lipinski definition) is 1. The summed E-state index contributed by atoms with van der Waals surface area (Å²) in [5.74, 6) is 4.35. The number of anilines is 2. The quantitative estimate of drug-likeness (QED) is 0.606. The van der Waals surface area contributed by atoms with Crippen LogP contribution in [0.2, 0.25) is 5.02 Å². The highest BCUT2D eigenvalue weighted by molar-refractivity contribution is 6.30. The highest BCUT2D eigenvalue weighted by Crippen LogP contribution is 2.40. The molecule has 1 saturated carbocycles. The lowest BCUT2D eigenvalue weighted by Gasteiger charge is -2.38. The number of aryl methyl sites for hydroxylation is 2. The van der Waals surface area contributed by atoms with Crippen molar-refractivity contribution in [2.24, 2.45) is 11.8 Å². The normalized spacial score (nSPS) is 26.7. The van der Waals surface area contributed by atoms with E-state index < -0.39 is 0 Å². The summed E-state index contributed by atoms with van der Waals surface area (Å²) < 4.78 is 2.13. The molecule has 2 bridgehead atoms. The first-order valence-electron chi connectivity index (χ1n) is 12.1. The van der Waals surface area contributed by atoms with Crippen LogP contribution >= 0.6 is 11.6 Å². The first kappa shape index (κ1) is 20.9. The molecule has 33 heavy (non-hydrogen) atoms. The Hall–Kier alpha value is -2.67. The average Bonchev–Trinajstić information content (AvgIpc) is 3.22. The Labute approximate surface area is 199 Å². The van der Waals surface area contributed by atoms with Crippen molar-refractivity contribution in [3.8, 4) is 0 Å². The fourth-order valence-corrected chi connectivity index (χ4v) is 6.12. The summed E-state index contributed by atoms with van der Waals surface area (Å²) in [7, 11) is 0. The Kier molecular flexibility index (Phi) is 5.45. The lowest BCUT2D eigenvalue weighted by Crippen LogP contribution is -2.48. The van der Waals surface area contributed by atoms with Crippen LogP contribution in [0, 0.1) is 18.8 Å². The standard InChI is InChI=1S/C25H30ClN7/c1-16-12-22(28-15-27-16)32-13-18-5-6-19(14-32)23(18)29-25-30-24-21(4-2-3-11-33(24)31-25)17-7-9-20(26)10-8-17/h7-10,12,15,18-19,21,23H,2-6,11,13-14H2,1H3,(H,29,31)/t18-,19+,21-,23+/m0/s1. The fourth-order valence-electron chi connectivity index (χ4n) is 6.00. The van der Waals surface area contributed by atoms with Crippen molar-refractivity contribution < 1.29 is 0 Å². The summed E-state index contributed by atoms with van der Waals surface area (Å²) in [4.78, 5) is 16.3. The molecular weight excluding hydrogens is 434 g/mol. The lowest BCUT2D eigenvalue weighted by atomic mass is 9.92. The molecule has 172 valence electrons. The minimum Gasteiger partial charge on any atom is -0.356 e. The molecule has 1 aromatic carbocycles. The van der Waals surface area contributed by atoms with E-state index in [-0.39, 0.29) is 5.92 Å². The van der Waals surface area contributed by atoms with E-state index >= 15 is 0 Å². The van der Waals surface area contributed by atoms with E-state index in [0.29, 0.717) is 17.9 Å². The number of rotatable bonds is 4. The van der Waals surface area contributed by atoms with Crippen molar-refractivity contribution in [1.82, 2.24) is 24.7 Å². The van der Waals surface area contributed by atoms with Gasteiger partial charge in [0.05, 0.1) is 0 Å². The zero-order valence-electron chi connectivity index (χ0n) is 19.0. The third kappa shape index (κ3) is 4.07.